The summed E-state index contributed by atoms with van der Waals surface area (Å²) in [5.74, 6) is 1.14. The number of piperazine rings is 1. The van der Waals surface area contributed by atoms with Crippen LogP contribution in [-0.4, -0.2) is 50.2 Å². The Labute approximate surface area is 148 Å². The molecule has 1 fully saturated rings. The van der Waals surface area contributed by atoms with Gasteiger partial charge in [0.05, 0.1) is 14.2 Å². The van der Waals surface area contributed by atoms with Crippen LogP contribution in [0.4, 0.5) is 4.79 Å². The van der Waals surface area contributed by atoms with E-state index in [-0.39, 0.29) is 11.9 Å². The summed E-state index contributed by atoms with van der Waals surface area (Å²) in [6.07, 6.45) is 2.42. The second kappa shape index (κ2) is 8.41. The predicted octanol–water partition coefficient (Wildman–Crippen LogP) is 1.46. The maximum absolute atomic E-state index is 12.4. The zero-order valence-corrected chi connectivity index (χ0v) is 14.9. The van der Waals surface area contributed by atoms with Crippen LogP contribution in [0.1, 0.15) is 18.1 Å². The number of carbonyl (C=O) groups is 2. The van der Waals surface area contributed by atoms with E-state index in [1.54, 1.807) is 27.2 Å². The van der Waals surface area contributed by atoms with Gasteiger partial charge >= 0.3 is 6.03 Å². The molecular formula is C18H25N3O4. The minimum absolute atomic E-state index is 0.138. The zero-order chi connectivity index (χ0) is 18.4. The molecule has 7 heteroatoms. The molecule has 1 aromatic rings. The molecule has 25 heavy (non-hydrogen) atoms. The van der Waals surface area contributed by atoms with Crippen molar-refractivity contribution in [3.63, 3.8) is 0 Å². The van der Waals surface area contributed by atoms with Gasteiger partial charge in [-0.2, -0.15) is 0 Å². The third kappa shape index (κ3) is 4.23. The van der Waals surface area contributed by atoms with Crippen molar-refractivity contribution in [2.75, 3.05) is 27.3 Å². The summed E-state index contributed by atoms with van der Waals surface area (Å²) in [5.41, 5.74) is 1.82. The van der Waals surface area contributed by atoms with E-state index in [0.717, 1.165) is 11.1 Å². The number of ether oxygens (including phenoxy) is 2. The molecule has 0 aromatic heterocycles. The zero-order valence-electron chi connectivity index (χ0n) is 14.9. The van der Waals surface area contributed by atoms with Gasteiger partial charge in [-0.15, -0.1) is 6.58 Å². The average molecular weight is 347 g/mol. The number of urea groups is 1. The SMILES string of the molecule is C=CCc1cc(CNC(=O)N2CCNC(=O)[C@@H]2C)cc(OC)c1OC. The van der Waals surface area contributed by atoms with Crippen LogP contribution in [-0.2, 0) is 17.8 Å². The number of benzene rings is 1. The second-order valence-corrected chi connectivity index (χ2v) is 5.80. The van der Waals surface area contributed by atoms with Crippen LogP contribution in [0.25, 0.3) is 0 Å². The molecule has 3 amide bonds. The summed E-state index contributed by atoms with van der Waals surface area (Å²) >= 11 is 0. The summed E-state index contributed by atoms with van der Waals surface area (Å²) in [7, 11) is 3.17. The maximum atomic E-state index is 12.4. The Morgan fingerprint density at radius 2 is 2.20 bits per heavy atom. The van der Waals surface area contributed by atoms with Crippen molar-refractivity contribution >= 4 is 11.9 Å². The van der Waals surface area contributed by atoms with Crippen molar-refractivity contribution in [2.45, 2.75) is 25.9 Å². The van der Waals surface area contributed by atoms with E-state index in [4.69, 9.17) is 9.47 Å². The molecule has 0 bridgehead atoms. The number of hydrogen-bond acceptors (Lipinski definition) is 4. The van der Waals surface area contributed by atoms with E-state index < -0.39 is 6.04 Å². The van der Waals surface area contributed by atoms with Gasteiger partial charge in [0.2, 0.25) is 5.91 Å². The van der Waals surface area contributed by atoms with Gasteiger partial charge in [0.25, 0.3) is 0 Å². The first-order chi connectivity index (χ1) is 12.0. The normalized spacial score (nSPS) is 16.8. The Balaban J connectivity index is 2.11. The van der Waals surface area contributed by atoms with Crippen LogP contribution < -0.4 is 20.1 Å². The summed E-state index contributed by atoms with van der Waals surface area (Å²) in [6.45, 7) is 6.76. The highest BCUT2D eigenvalue weighted by Gasteiger charge is 2.29. The molecule has 2 N–H and O–H groups in total. The fraction of sp³-hybridized carbons (Fsp3) is 0.444. The average Bonchev–Trinajstić information content (AvgIpc) is 2.61. The molecule has 0 radical (unpaired) electrons. The van der Waals surface area contributed by atoms with Crippen molar-refractivity contribution in [2.24, 2.45) is 0 Å². The fourth-order valence-electron chi connectivity index (χ4n) is 2.85. The first-order valence-corrected chi connectivity index (χ1v) is 8.18. The molecule has 1 aliphatic heterocycles. The minimum Gasteiger partial charge on any atom is -0.493 e. The molecule has 0 unspecified atom stereocenters. The molecule has 0 aliphatic carbocycles. The van der Waals surface area contributed by atoms with Crippen LogP contribution in [0.5, 0.6) is 11.5 Å². The van der Waals surface area contributed by atoms with Gasteiger partial charge in [0.1, 0.15) is 6.04 Å². The molecular weight excluding hydrogens is 322 g/mol. The minimum atomic E-state index is -0.476. The Morgan fingerprint density at radius 3 is 2.84 bits per heavy atom. The van der Waals surface area contributed by atoms with Crippen LogP contribution >= 0.6 is 0 Å². The fourth-order valence-corrected chi connectivity index (χ4v) is 2.85. The lowest BCUT2D eigenvalue weighted by Gasteiger charge is -2.32. The molecule has 1 heterocycles. The van der Waals surface area contributed by atoms with Gasteiger partial charge < -0.3 is 25.0 Å². The molecule has 0 saturated carbocycles. The highest BCUT2D eigenvalue weighted by Crippen LogP contribution is 2.33. The van der Waals surface area contributed by atoms with Gasteiger partial charge in [-0.25, -0.2) is 4.79 Å². The largest absolute Gasteiger partial charge is 0.493 e. The van der Waals surface area contributed by atoms with Crippen molar-refractivity contribution in [3.8, 4) is 11.5 Å². The van der Waals surface area contributed by atoms with Crippen LogP contribution in [0.15, 0.2) is 24.8 Å². The number of allylic oxidation sites excluding steroid dienone is 1. The summed E-state index contributed by atoms with van der Waals surface area (Å²) in [5, 5.41) is 5.60. The van der Waals surface area contributed by atoms with E-state index >= 15 is 0 Å². The van der Waals surface area contributed by atoms with Crippen molar-refractivity contribution in [1.29, 1.82) is 0 Å². The second-order valence-electron chi connectivity index (χ2n) is 5.80. The van der Waals surface area contributed by atoms with E-state index in [0.29, 0.717) is 37.6 Å². The standard InChI is InChI=1S/C18H25N3O4/c1-5-6-14-9-13(10-15(24-3)16(14)25-4)11-20-18(23)21-8-7-19-17(22)12(21)2/h5,9-10,12H,1,6-8,11H2,2-4H3,(H,19,22)(H,20,23)/t12-/m0/s1. The van der Waals surface area contributed by atoms with Gasteiger partial charge in [-0.3, -0.25) is 4.79 Å². The number of nitrogens with zero attached hydrogens (tertiary/aromatic N) is 1. The van der Waals surface area contributed by atoms with Gasteiger partial charge in [-0.1, -0.05) is 6.08 Å². The number of methoxy groups -OCH3 is 2. The summed E-state index contributed by atoms with van der Waals surface area (Å²) in [6, 6.07) is 3.05. The number of amides is 3. The maximum Gasteiger partial charge on any atom is 0.318 e. The van der Waals surface area contributed by atoms with Crippen LogP contribution in [0.3, 0.4) is 0 Å². The molecule has 1 aromatic carbocycles. The molecule has 2 rings (SSSR count). The highest BCUT2D eigenvalue weighted by molar-refractivity contribution is 5.87. The third-order valence-electron chi connectivity index (χ3n) is 4.18. The monoisotopic (exact) mass is 347 g/mol. The van der Waals surface area contributed by atoms with Crippen LogP contribution in [0, 0.1) is 0 Å². The topological polar surface area (TPSA) is 79.9 Å². The molecule has 1 saturated heterocycles. The molecule has 7 nitrogen and oxygen atoms in total. The predicted molar refractivity (Wildman–Crippen MR) is 94.9 cm³/mol. The number of nitrogens with one attached hydrogen (secondary N) is 2. The van der Waals surface area contributed by atoms with Gasteiger partial charge in [0.15, 0.2) is 11.5 Å². The first kappa shape index (κ1) is 18.6. The number of carbonyl (C=O) groups excluding carboxylic acids is 2. The number of hydrogen-bond donors (Lipinski definition) is 2. The van der Waals surface area contributed by atoms with Gasteiger partial charge in [0, 0.05) is 25.2 Å². The molecule has 1 aliphatic rings. The van der Waals surface area contributed by atoms with E-state index in [2.05, 4.69) is 17.2 Å². The van der Waals surface area contributed by atoms with Crippen LogP contribution in [0.2, 0.25) is 0 Å². The Kier molecular flexibility index (Phi) is 6.27. The van der Waals surface area contributed by atoms with E-state index in [1.165, 1.54) is 4.90 Å². The molecule has 1 atom stereocenters. The van der Waals surface area contributed by atoms with Crippen molar-refractivity contribution < 1.29 is 19.1 Å². The quantitative estimate of drug-likeness (QED) is 0.764. The Bertz CT molecular complexity index is 660. The lowest BCUT2D eigenvalue weighted by atomic mass is 10.1. The van der Waals surface area contributed by atoms with E-state index in [1.807, 2.05) is 12.1 Å². The Morgan fingerprint density at radius 1 is 1.44 bits per heavy atom. The number of rotatable bonds is 6. The lowest BCUT2D eigenvalue weighted by Crippen LogP contribution is -2.58. The summed E-state index contributed by atoms with van der Waals surface area (Å²) in [4.78, 5) is 25.6. The van der Waals surface area contributed by atoms with E-state index in [9.17, 15) is 9.59 Å². The highest BCUT2D eigenvalue weighted by atomic mass is 16.5. The third-order valence-corrected chi connectivity index (χ3v) is 4.18. The first-order valence-electron chi connectivity index (χ1n) is 8.18. The van der Waals surface area contributed by atoms with Crippen molar-refractivity contribution in [3.05, 3.63) is 35.9 Å². The Hall–Kier alpha value is -2.70. The summed E-state index contributed by atoms with van der Waals surface area (Å²) < 4.78 is 10.8. The van der Waals surface area contributed by atoms with Gasteiger partial charge in [-0.05, 0) is 31.0 Å². The van der Waals surface area contributed by atoms with Crippen molar-refractivity contribution in [1.82, 2.24) is 15.5 Å². The lowest BCUT2D eigenvalue weighted by molar-refractivity contribution is -0.126. The molecule has 136 valence electrons. The molecule has 0 spiro atoms. The smallest absolute Gasteiger partial charge is 0.318 e.